The van der Waals surface area contributed by atoms with Crippen LogP contribution in [-0.4, -0.2) is 57.8 Å². The van der Waals surface area contributed by atoms with E-state index in [1.165, 1.54) is 6.20 Å². The van der Waals surface area contributed by atoms with Crippen LogP contribution in [0.15, 0.2) is 12.4 Å². The van der Waals surface area contributed by atoms with Crippen molar-refractivity contribution in [3.63, 3.8) is 0 Å². The van der Waals surface area contributed by atoms with Gasteiger partial charge >= 0.3 is 0 Å². The van der Waals surface area contributed by atoms with E-state index in [0.29, 0.717) is 18.3 Å². The Morgan fingerprint density at radius 2 is 2.15 bits per heavy atom. The first kappa shape index (κ1) is 14.7. The summed E-state index contributed by atoms with van der Waals surface area (Å²) >= 11 is 0. The number of hydrogen-bond acceptors (Lipinski definition) is 6. The minimum absolute atomic E-state index is 0.299. The summed E-state index contributed by atoms with van der Waals surface area (Å²) < 4.78 is 0. The van der Waals surface area contributed by atoms with Crippen molar-refractivity contribution in [3.05, 3.63) is 18.1 Å². The summed E-state index contributed by atoms with van der Waals surface area (Å²) in [5.41, 5.74) is -0.335. The molecule has 0 spiro atoms. The van der Waals surface area contributed by atoms with Gasteiger partial charge in [0.2, 0.25) is 0 Å². The molecule has 6 nitrogen and oxygen atoms in total. The van der Waals surface area contributed by atoms with Crippen molar-refractivity contribution in [2.75, 3.05) is 31.1 Å². The quantitative estimate of drug-likeness (QED) is 0.872. The van der Waals surface area contributed by atoms with E-state index in [-0.39, 0.29) is 0 Å². The summed E-state index contributed by atoms with van der Waals surface area (Å²) in [6.07, 6.45) is 3.16. The van der Waals surface area contributed by atoms with Gasteiger partial charge in [-0.25, -0.2) is 9.97 Å². The number of piperazine rings is 1. The third-order valence-electron chi connectivity index (χ3n) is 3.37. The van der Waals surface area contributed by atoms with Gasteiger partial charge in [0.15, 0.2) is 5.69 Å². The van der Waals surface area contributed by atoms with Gasteiger partial charge in [-0.1, -0.05) is 0 Å². The van der Waals surface area contributed by atoms with Gasteiger partial charge in [0.25, 0.3) is 0 Å². The SMILES string of the molecule is CC1CN(CC(C)(C)O)CCN1c1cnc(C#N)cn1. The van der Waals surface area contributed by atoms with Crippen LogP contribution in [0.3, 0.4) is 0 Å². The molecule has 0 aromatic carbocycles. The van der Waals surface area contributed by atoms with Crippen molar-refractivity contribution in [3.8, 4) is 6.07 Å². The van der Waals surface area contributed by atoms with Gasteiger partial charge in [0.05, 0.1) is 18.0 Å². The summed E-state index contributed by atoms with van der Waals surface area (Å²) in [5, 5.41) is 18.6. The van der Waals surface area contributed by atoms with Crippen LogP contribution >= 0.6 is 0 Å². The third kappa shape index (κ3) is 3.65. The molecule has 20 heavy (non-hydrogen) atoms. The highest BCUT2D eigenvalue weighted by atomic mass is 16.3. The second-order valence-corrected chi connectivity index (χ2v) is 5.96. The molecule has 1 aliphatic rings. The fourth-order valence-corrected chi connectivity index (χ4v) is 2.59. The first-order valence-corrected chi connectivity index (χ1v) is 6.82. The maximum absolute atomic E-state index is 9.89. The molecule has 1 fully saturated rings. The molecule has 2 rings (SSSR count). The molecular weight excluding hydrogens is 254 g/mol. The zero-order chi connectivity index (χ0) is 14.8. The zero-order valence-electron chi connectivity index (χ0n) is 12.2. The number of hydrogen-bond donors (Lipinski definition) is 1. The summed E-state index contributed by atoms with van der Waals surface area (Å²) in [6.45, 7) is 9.08. The molecule has 2 heterocycles. The topological polar surface area (TPSA) is 76.3 Å². The average molecular weight is 275 g/mol. The normalized spacial score (nSPS) is 20.8. The molecule has 1 atom stereocenters. The summed E-state index contributed by atoms with van der Waals surface area (Å²) in [6, 6.07) is 2.27. The zero-order valence-corrected chi connectivity index (χ0v) is 12.2. The van der Waals surface area contributed by atoms with Crippen LogP contribution < -0.4 is 4.90 Å². The van der Waals surface area contributed by atoms with Crippen LogP contribution in [0.5, 0.6) is 0 Å². The Kier molecular flexibility index (Phi) is 4.21. The molecule has 6 heteroatoms. The van der Waals surface area contributed by atoms with Gasteiger partial charge in [-0.2, -0.15) is 5.26 Å². The first-order valence-electron chi connectivity index (χ1n) is 6.82. The Labute approximate surface area is 119 Å². The molecule has 0 saturated carbocycles. The molecule has 0 radical (unpaired) electrons. The lowest BCUT2D eigenvalue weighted by Gasteiger charge is -2.42. The molecule has 1 aromatic heterocycles. The second kappa shape index (κ2) is 5.73. The van der Waals surface area contributed by atoms with Crippen molar-refractivity contribution < 1.29 is 5.11 Å². The van der Waals surface area contributed by atoms with Gasteiger partial charge in [0.1, 0.15) is 11.9 Å². The predicted octanol–water partition coefficient (Wildman–Crippen LogP) is 0.630. The number of anilines is 1. The van der Waals surface area contributed by atoms with Crippen molar-refractivity contribution in [1.29, 1.82) is 5.26 Å². The van der Waals surface area contributed by atoms with Crippen molar-refractivity contribution in [1.82, 2.24) is 14.9 Å². The predicted molar refractivity (Wildman–Crippen MR) is 76.3 cm³/mol. The average Bonchev–Trinajstić information content (AvgIpc) is 2.37. The number of aliphatic hydroxyl groups is 1. The lowest BCUT2D eigenvalue weighted by atomic mass is 10.1. The number of aromatic nitrogens is 2. The standard InChI is InChI=1S/C14H21N5O/c1-11-9-18(10-14(2,3)20)4-5-19(11)13-8-16-12(6-15)7-17-13/h7-8,11,20H,4-5,9-10H2,1-3H3. The van der Waals surface area contributed by atoms with E-state index in [1.807, 2.05) is 19.9 Å². The van der Waals surface area contributed by atoms with Crippen molar-refractivity contribution in [2.45, 2.75) is 32.4 Å². The van der Waals surface area contributed by atoms with Gasteiger partial charge in [-0.05, 0) is 20.8 Å². The van der Waals surface area contributed by atoms with Crippen LogP contribution in [0.25, 0.3) is 0 Å². The smallest absolute Gasteiger partial charge is 0.158 e. The van der Waals surface area contributed by atoms with Crippen LogP contribution in [0.2, 0.25) is 0 Å². The van der Waals surface area contributed by atoms with Crippen LogP contribution in [0.1, 0.15) is 26.5 Å². The molecule has 1 unspecified atom stereocenters. The van der Waals surface area contributed by atoms with E-state index in [0.717, 1.165) is 25.5 Å². The Balaban J connectivity index is 2.01. The summed E-state index contributed by atoms with van der Waals surface area (Å²) in [7, 11) is 0. The fourth-order valence-electron chi connectivity index (χ4n) is 2.59. The molecule has 0 amide bonds. The highest BCUT2D eigenvalue weighted by Crippen LogP contribution is 2.18. The molecule has 1 aromatic rings. The van der Waals surface area contributed by atoms with E-state index in [2.05, 4.69) is 26.7 Å². The molecule has 0 bridgehead atoms. The van der Waals surface area contributed by atoms with Crippen LogP contribution in [0, 0.1) is 11.3 Å². The Hall–Kier alpha value is -1.71. The lowest BCUT2D eigenvalue weighted by Crippen LogP contribution is -2.55. The molecule has 108 valence electrons. The van der Waals surface area contributed by atoms with Gasteiger partial charge in [0, 0.05) is 32.2 Å². The van der Waals surface area contributed by atoms with E-state index in [9.17, 15) is 5.11 Å². The number of β-amino-alcohol motifs (C(OH)–C–C–N with tert-alkyl or cyclic N) is 1. The number of rotatable bonds is 3. The second-order valence-electron chi connectivity index (χ2n) is 5.96. The number of nitrogens with zero attached hydrogens (tertiary/aromatic N) is 5. The maximum Gasteiger partial charge on any atom is 0.158 e. The van der Waals surface area contributed by atoms with E-state index < -0.39 is 5.60 Å². The highest BCUT2D eigenvalue weighted by molar-refractivity contribution is 5.39. The fraction of sp³-hybridized carbons (Fsp3) is 0.643. The van der Waals surface area contributed by atoms with E-state index in [1.54, 1.807) is 6.20 Å². The third-order valence-corrected chi connectivity index (χ3v) is 3.37. The first-order chi connectivity index (χ1) is 9.39. The van der Waals surface area contributed by atoms with E-state index >= 15 is 0 Å². The monoisotopic (exact) mass is 275 g/mol. The largest absolute Gasteiger partial charge is 0.389 e. The molecular formula is C14H21N5O. The van der Waals surface area contributed by atoms with Crippen molar-refractivity contribution in [2.24, 2.45) is 0 Å². The summed E-state index contributed by atoms with van der Waals surface area (Å²) in [4.78, 5) is 12.8. The van der Waals surface area contributed by atoms with Gasteiger partial charge in [-0.15, -0.1) is 0 Å². The van der Waals surface area contributed by atoms with Crippen molar-refractivity contribution >= 4 is 5.82 Å². The Bertz CT molecular complexity index is 488. The Morgan fingerprint density at radius 3 is 2.65 bits per heavy atom. The maximum atomic E-state index is 9.89. The number of nitriles is 1. The molecule has 1 saturated heterocycles. The molecule has 0 aliphatic carbocycles. The van der Waals surface area contributed by atoms with Gasteiger partial charge in [-0.3, -0.25) is 4.90 Å². The van der Waals surface area contributed by atoms with Crippen LogP contribution in [0.4, 0.5) is 5.82 Å². The molecule has 1 N–H and O–H groups in total. The minimum atomic E-state index is -0.670. The van der Waals surface area contributed by atoms with E-state index in [4.69, 9.17) is 5.26 Å². The van der Waals surface area contributed by atoms with Gasteiger partial charge < -0.3 is 10.0 Å². The minimum Gasteiger partial charge on any atom is -0.389 e. The lowest BCUT2D eigenvalue weighted by molar-refractivity contribution is 0.0307. The molecule has 1 aliphatic heterocycles. The highest BCUT2D eigenvalue weighted by Gasteiger charge is 2.27. The Morgan fingerprint density at radius 1 is 1.40 bits per heavy atom. The summed E-state index contributed by atoms with van der Waals surface area (Å²) in [5.74, 6) is 0.805. The van der Waals surface area contributed by atoms with Crippen LogP contribution in [-0.2, 0) is 0 Å².